The molecule has 1 atom stereocenters. The first-order chi connectivity index (χ1) is 9.92. The summed E-state index contributed by atoms with van der Waals surface area (Å²) in [6.07, 6.45) is 0. The van der Waals surface area contributed by atoms with Crippen LogP contribution in [0.1, 0.15) is 20.8 Å². The van der Waals surface area contributed by atoms with E-state index in [0.29, 0.717) is 33.5 Å². The van der Waals surface area contributed by atoms with E-state index in [-0.39, 0.29) is 10.8 Å². The zero-order valence-corrected chi connectivity index (χ0v) is 13.7. The van der Waals surface area contributed by atoms with Crippen molar-refractivity contribution in [2.24, 2.45) is 5.92 Å². The van der Waals surface area contributed by atoms with Crippen LogP contribution < -0.4 is 5.56 Å². The van der Waals surface area contributed by atoms with Gasteiger partial charge in [-0.1, -0.05) is 37.2 Å². The normalized spacial score (nSPS) is 12.6. The van der Waals surface area contributed by atoms with Crippen LogP contribution in [-0.2, 0) is 6.54 Å². The highest BCUT2D eigenvalue weighted by Crippen LogP contribution is 2.23. The molecule has 0 N–H and O–H groups in total. The standard InChI is InChI=1S/C15H16ClN3OS/c1-9(2)8-19-14(20)12-6-11(16)4-5-13(12)18-15(19)21-10(3)7-17/h4-6,9-10H,8H2,1-3H3. The van der Waals surface area contributed by atoms with Crippen molar-refractivity contribution in [3.05, 3.63) is 33.6 Å². The first-order valence-electron chi connectivity index (χ1n) is 6.68. The molecular weight excluding hydrogens is 306 g/mol. The quantitative estimate of drug-likeness (QED) is 0.636. The third kappa shape index (κ3) is 3.58. The number of halogens is 1. The number of fused-ring (bicyclic) bond motifs is 1. The van der Waals surface area contributed by atoms with Crippen LogP contribution in [0.4, 0.5) is 0 Å². The summed E-state index contributed by atoms with van der Waals surface area (Å²) < 4.78 is 1.64. The van der Waals surface area contributed by atoms with Crippen molar-refractivity contribution < 1.29 is 0 Å². The molecule has 0 spiro atoms. The lowest BCUT2D eigenvalue weighted by Crippen LogP contribution is -2.26. The van der Waals surface area contributed by atoms with Crippen molar-refractivity contribution in [1.29, 1.82) is 5.26 Å². The maximum absolute atomic E-state index is 12.7. The summed E-state index contributed by atoms with van der Waals surface area (Å²) in [4.78, 5) is 17.2. The number of benzene rings is 1. The number of rotatable bonds is 4. The van der Waals surface area contributed by atoms with Gasteiger partial charge in [0, 0.05) is 11.6 Å². The van der Waals surface area contributed by atoms with Gasteiger partial charge in [-0.2, -0.15) is 5.26 Å². The summed E-state index contributed by atoms with van der Waals surface area (Å²) in [6, 6.07) is 7.25. The number of hydrogen-bond donors (Lipinski definition) is 0. The van der Waals surface area contributed by atoms with Crippen molar-refractivity contribution in [3.63, 3.8) is 0 Å². The minimum atomic E-state index is -0.264. The summed E-state index contributed by atoms with van der Waals surface area (Å²) in [5, 5.41) is 10.3. The van der Waals surface area contributed by atoms with Gasteiger partial charge >= 0.3 is 0 Å². The molecule has 0 saturated carbocycles. The number of thioether (sulfide) groups is 1. The van der Waals surface area contributed by atoms with Gasteiger partial charge in [0.25, 0.3) is 5.56 Å². The average Bonchev–Trinajstić information content (AvgIpc) is 2.43. The van der Waals surface area contributed by atoms with Crippen molar-refractivity contribution in [3.8, 4) is 6.07 Å². The van der Waals surface area contributed by atoms with E-state index in [2.05, 4.69) is 11.1 Å². The van der Waals surface area contributed by atoms with E-state index < -0.39 is 0 Å². The van der Waals surface area contributed by atoms with Crippen LogP contribution in [0.2, 0.25) is 5.02 Å². The molecule has 0 radical (unpaired) electrons. The van der Waals surface area contributed by atoms with Gasteiger partial charge < -0.3 is 0 Å². The van der Waals surface area contributed by atoms with Crippen molar-refractivity contribution in [2.45, 2.75) is 37.7 Å². The molecule has 0 fully saturated rings. The largest absolute Gasteiger partial charge is 0.287 e. The molecule has 0 amide bonds. The molecule has 1 aromatic heterocycles. The molecule has 2 rings (SSSR count). The van der Waals surface area contributed by atoms with Crippen LogP contribution in [0.3, 0.4) is 0 Å². The Morgan fingerprint density at radius 1 is 1.43 bits per heavy atom. The molecule has 0 bridgehead atoms. The van der Waals surface area contributed by atoms with Gasteiger partial charge in [-0.15, -0.1) is 0 Å². The summed E-state index contributed by atoms with van der Waals surface area (Å²) in [5.41, 5.74) is 0.501. The molecule has 2 aromatic rings. The fraction of sp³-hybridized carbons (Fsp3) is 0.400. The van der Waals surface area contributed by atoms with E-state index in [1.54, 1.807) is 29.7 Å². The van der Waals surface area contributed by atoms with Crippen molar-refractivity contribution in [1.82, 2.24) is 9.55 Å². The number of hydrogen-bond acceptors (Lipinski definition) is 4. The van der Waals surface area contributed by atoms with Crippen LogP contribution in [0, 0.1) is 17.2 Å². The van der Waals surface area contributed by atoms with Crippen molar-refractivity contribution in [2.75, 3.05) is 0 Å². The van der Waals surface area contributed by atoms with Gasteiger partial charge in [0.15, 0.2) is 5.16 Å². The molecule has 4 nitrogen and oxygen atoms in total. The maximum atomic E-state index is 12.7. The Hall–Kier alpha value is -1.51. The Morgan fingerprint density at radius 3 is 2.76 bits per heavy atom. The molecule has 6 heteroatoms. The topological polar surface area (TPSA) is 58.7 Å². The highest BCUT2D eigenvalue weighted by Gasteiger charge is 2.15. The van der Waals surface area contributed by atoms with Gasteiger partial charge in [0.1, 0.15) is 0 Å². The first-order valence-corrected chi connectivity index (χ1v) is 7.94. The Kier molecular flexibility index (Phi) is 4.92. The second kappa shape index (κ2) is 6.50. The van der Waals surface area contributed by atoms with Crippen LogP contribution >= 0.6 is 23.4 Å². The van der Waals surface area contributed by atoms with Gasteiger partial charge in [0.2, 0.25) is 0 Å². The summed E-state index contributed by atoms with van der Waals surface area (Å²) in [7, 11) is 0. The van der Waals surface area contributed by atoms with Gasteiger partial charge in [0.05, 0.1) is 22.2 Å². The smallest absolute Gasteiger partial charge is 0.262 e. The Labute approximate surface area is 132 Å². The number of aromatic nitrogens is 2. The van der Waals surface area contributed by atoms with Gasteiger partial charge in [-0.3, -0.25) is 9.36 Å². The molecule has 21 heavy (non-hydrogen) atoms. The zero-order chi connectivity index (χ0) is 15.6. The minimum Gasteiger partial charge on any atom is -0.287 e. The number of nitrogens with zero attached hydrogens (tertiary/aromatic N) is 3. The van der Waals surface area contributed by atoms with Crippen LogP contribution in [0.25, 0.3) is 10.9 Å². The lowest BCUT2D eigenvalue weighted by atomic mass is 10.2. The fourth-order valence-electron chi connectivity index (χ4n) is 1.97. The molecule has 0 aliphatic rings. The zero-order valence-electron chi connectivity index (χ0n) is 12.1. The second-order valence-corrected chi connectivity index (χ2v) is 7.00. The molecule has 110 valence electrons. The monoisotopic (exact) mass is 321 g/mol. The average molecular weight is 322 g/mol. The summed E-state index contributed by atoms with van der Waals surface area (Å²) >= 11 is 7.27. The molecular formula is C15H16ClN3OS. The van der Waals surface area contributed by atoms with Gasteiger partial charge in [-0.25, -0.2) is 4.98 Å². The van der Waals surface area contributed by atoms with E-state index >= 15 is 0 Å². The summed E-state index contributed by atoms with van der Waals surface area (Å²) in [6.45, 7) is 6.44. The Bertz CT molecular complexity index is 764. The van der Waals surface area contributed by atoms with Crippen molar-refractivity contribution >= 4 is 34.3 Å². The third-order valence-corrected chi connectivity index (χ3v) is 4.11. The molecule has 1 unspecified atom stereocenters. The molecule has 0 aliphatic carbocycles. The Morgan fingerprint density at radius 2 is 2.14 bits per heavy atom. The molecule has 0 saturated heterocycles. The minimum absolute atomic E-state index is 0.108. The fourth-order valence-corrected chi connectivity index (χ4v) is 2.95. The summed E-state index contributed by atoms with van der Waals surface area (Å²) in [5.74, 6) is 0.304. The molecule has 1 heterocycles. The van der Waals surface area contributed by atoms with Crippen LogP contribution in [0.5, 0.6) is 0 Å². The van der Waals surface area contributed by atoms with Crippen LogP contribution in [-0.4, -0.2) is 14.8 Å². The van der Waals surface area contributed by atoms with Gasteiger partial charge in [-0.05, 0) is 31.0 Å². The lowest BCUT2D eigenvalue weighted by Gasteiger charge is -2.15. The second-order valence-electron chi connectivity index (χ2n) is 5.25. The predicted molar refractivity (Wildman–Crippen MR) is 86.8 cm³/mol. The first kappa shape index (κ1) is 15.9. The third-order valence-electron chi connectivity index (χ3n) is 2.89. The maximum Gasteiger partial charge on any atom is 0.262 e. The SMILES string of the molecule is CC(C)Cn1c(SC(C)C#N)nc2ccc(Cl)cc2c1=O. The van der Waals surface area contributed by atoms with E-state index in [0.717, 1.165) is 0 Å². The van der Waals surface area contributed by atoms with E-state index in [9.17, 15) is 4.79 Å². The number of nitriles is 1. The Balaban J connectivity index is 2.67. The molecule has 1 aromatic carbocycles. The van der Waals surface area contributed by atoms with Crippen LogP contribution in [0.15, 0.2) is 28.2 Å². The predicted octanol–water partition coefficient (Wildman–Crippen LogP) is 3.71. The lowest BCUT2D eigenvalue weighted by molar-refractivity contribution is 0.475. The van der Waals surface area contributed by atoms with E-state index in [4.69, 9.17) is 16.9 Å². The highest BCUT2D eigenvalue weighted by atomic mass is 35.5. The molecule has 0 aliphatic heterocycles. The van der Waals surface area contributed by atoms with E-state index in [1.165, 1.54) is 11.8 Å². The van der Waals surface area contributed by atoms with E-state index in [1.807, 2.05) is 13.8 Å². The highest BCUT2D eigenvalue weighted by molar-refractivity contribution is 8.00.